The van der Waals surface area contributed by atoms with Crippen LogP contribution in [0.4, 0.5) is 0 Å². The Bertz CT molecular complexity index is 329. The van der Waals surface area contributed by atoms with Gasteiger partial charge in [-0.25, -0.2) is 0 Å². The Balaban J connectivity index is 2.60. The molecule has 1 N–H and O–H groups in total. The molecule has 1 rings (SSSR count). The molecular formula is C15H27NS. The minimum atomic E-state index is 0.389. The molecule has 0 fully saturated rings. The third kappa shape index (κ3) is 4.81. The highest BCUT2D eigenvalue weighted by atomic mass is 32.1. The summed E-state index contributed by atoms with van der Waals surface area (Å²) in [5.41, 5.74) is 0.389. The van der Waals surface area contributed by atoms with E-state index < -0.39 is 0 Å². The second kappa shape index (κ2) is 6.55. The lowest BCUT2D eigenvalue weighted by atomic mass is 9.83. The zero-order valence-electron chi connectivity index (χ0n) is 12.0. The van der Waals surface area contributed by atoms with Crippen LogP contribution in [0.5, 0.6) is 0 Å². The molecule has 0 bridgehead atoms. The normalized spacial score (nSPS) is 15.2. The van der Waals surface area contributed by atoms with Crippen LogP contribution in [0.3, 0.4) is 0 Å². The van der Waals surface area contributed by atoms with Gasteiger partial charge in [0.15, 0.2) is 0 Å². The molecule has 98 valence electrons. The van der Waals surface area contributed by atoms with Crippen molar-refractivity contribution in [2.75, 3.05) is 6.54 Å². The van der Waals surface area contributed by atoms with Crippen LogP contribution >= 0.6 is 11.3 Å². The van der Waals surface area contributed by atoms with Crippen LogP contribution in [-0.2, 0) is 12.8 Å². The molecule has 0 aromatic carbocycles. The standard InChI is InChI=1S/C15H27NS/c1-6-13-8-9-14(17-13)10-15(5,7-2)11-16-12(3)4/h8-9,12,16H,6-7,10-11H2,1-5H3. The zero-order chi connectivity index (χ0) is 12.9. The topological polar surface area (TPSA) is 12.0 Å². The molecule has 1 nitrogen and oxygen atoms in total. The summed E-state index contributed by atoms with van der Waals surface area (Å²) in [6.07, 6.45) is 3.59. The molecule has 1 heterocycles. The fourth-order valence-electron chi connectivity index (χ4n) is 1.89. The minimum Gasteiger partial charge on any atom is -0.314 e. The highest BCUT2D eigenvalue weighted by Gasteiger charge is 2.23. The Labute approximate surface area is 111 Å². The zero-order valence-corrected chi connectivity index (χ0v) is 12.8. The van der Waals surface area contributed by atoms with Crippen molar-refractivity contribution in [2.45, 2.75) is 59.9 Å². The van der Waals surface area contributed by atoms with Crippen LogP contribution in [0.15, 0.2) is 12.1 Å². The summed E-state index contributed by atoms with van der Waals surface area (Å²) in [6, 6.07) is 5.18. The van der Waals surface area contributed by atoms with Crippen molar-refractivity contribution < 1.29 is 0 Å². The van der Waals surface area contributed by atoms with Crippen molar-refractivity contribution in [3.63, 3.8) is 0 Å². The van der Waals surface area contributed by atoms with Gasteiger partial charge in [-0.2, -0.15) is 0 Å². The Morgan fingerprint density at radius 3 is 2.35 bits per heavy atom. The monoisotopic (exact) mass is 253 g/mol. The van der Waals surface area contributed by atoms with Crippen LogP contribution in [0.25, 0.3) is 0 Å². The Morgan fingerprint density at radius 1 is 1.24 bits per heavy atom. The van der Waals surface area contributed by atoms with Crippen molar-refractivity contribution >= 4 is 11.3 Å². The number of hydrogen-bond donors (Lipinski definition) is 1. The van der Waals surface area contributed by atoms with Crippen LogP contribution in [-0.4, -0.2) is 12.6 Å². The lowest BCUT2D eigenvalue weighted by Crippen LogP contribution is -2.36. The van der Waals surface area contributed by atoms with Gasteiger partial charge in [-0.05, 0) is 36.8 Å². The number of thiophene rings is 1. The third-order valence-electron chi connectivity index (χ3n) is 3.46. The molecule has 1 aromatic heterocycles. The van der Waals surface area contributed by atoms with Crippen molar-refractivity contribution in [1.29, 1.82) is 0 Å². The van der Waals surface area contributed by atoms with E-state index in [9.17, 15) is 0 Å². The first kappa shape index (κ1) is 14.7. The molecule has 0 aliphatic rings. The minimum absolute atomic E-state index is 0.389. The molecule has 1 unspecified atom stereocenters. The van der Waals surface area contributed by atoms with Gasteiger partial charge in [0.05, 0.1) is 0 Å². The van der Waals surface area contributed by atoms with Gasteiger partial charge in [0, 0.05) is 22.3 Å². The van der Waals surface area contributed by atoms with E-state index in [0.717, 1.165) is 13.0 Å². The first-order chi connectivity index (χ1) is 7.99. The van der Waals surface area contributed by atoms with Gasteiger partial charge >= 0.3 is 0 Å². The second-order valence-electron chi connectivity index (χ2n) is 5.60. The van der Waals surface area contributed by atoms with E-state index in [1.54, 1.807) is 0 Å². The molecule has 1 atom stereocenters. The van der Waals surface area contributed by atoms with E-state index in [1.807, 2.05) is 11.3 Å². The maximum Gasteiger partial charge on any atom is 0.00540 e. The predicted octanol–water partition coefficient (Wildman–Crippen LogP) is 4.27. The van der Waals surface area contributed by atoms with Crippen molar-refractivity contribution in [3.8, 4) is 0 Å². The summed E-state index contributed by atoms with van der Waals surface area (Å²) >= 11 is 1.98. The Kier molecular flexibility index (Phi) is 5.68. The van der Waals surface area contributed by atoms with Gasteiger partial charge in [-0.1, -0.05) is 34.6 Å². The average molecular weight is 253 g/mol. The van der Waals surface area contributed by atoms with Crippen LogP contribution in [0.1, 0.15) is 50.8 Å². The van der Waals surface area contributed by atoms with E-state index in [0.29, 0.717) is 11.5 Å². The average Bonchev–Trinajstić information content (AvgIpc) is 2.74. The first-order valence-corrected chi connectivity index (χ1v) is 7.61. The number of hydrogen-bond acceptors (Lipinski definition) is 2. The lowest BCUT2D eigenvalue weighted by molar-refractivity contribution is 0.283. The predicted molar refractivity (Wildman–Crippen MR) is 78.9 cm³/mol. The third-order valence-corrected chi connectivity index (χ3v) is 4.69. The molecular weight excluding hydrogens is 226 g/mol. The van der Waals surface area contributed by atoms with Crippen LogP contribution in [0.2, 0.25) is 0 Å². The van der Waals surface area contributed by atoms with Crippen molar-refractivity contribution in [2.24, 2.45) is 5.41 Å². The molecule has 0 spiro atoms. The molecule has 17 heavy (non-hydrogen) atoms. The van der Waals surface area contributed by atoms with E-state index >= 15 is 0 Å². The van der Waals surface area contributed by atoms with Crippen molar-refractivity contribution in [3.05, 3.63) is 21.9 Å². The molecule has 0 saturated carbocycles. The van der Waals surface area contributed by atoms with Crippen LogP contribution in [0, 0.1) is 5.41 Å². The van der Waals surface area contributed by atoms with Crippen molar-refractivity contribution in [1.82, 2.24) is 5.32 Å². The summed E-state index contributed by atoms with van der Waals surface area (Å²) in [4.78, 5) is 3.05. The quantitative estimate of drug-likeness (QED) is 0.765. The molecule has 1 aromatic rings. The van der Waals surface area contributed by atoms with E-state index in [-0.39, 0.29) is 0 Å². The fraction of sp³-hybridized carbons (Fsp3) is 0.733. The number of aryl methyl sites for hydroxylation is 1. The van der Waals surface area contributed by atoms with Gasteiger partial charge in [-0.3, -0.25) is 0 Å². The second-order valence-corrected chi connectivity index (χ2v) is 6.85. The Morgan fingerprint density at radius 2 is 1.88 bits per heavy atom. The van der Waals surface area contributed by atoms with Gasteiger partial charge < -0.3 is 5.32 Å². The highest BCUT2D eigenvalue weighted by molar-refractivity contribution is 7.11. The molecule has 0 saturated heterocycles. The summed E-state index contributed by atoms with van der Waals surface area (Å²) in [6.45, 7) is 12.5. The molecule has 0 amide bonds. The fourth-order valence-corrected chi connectivity index (χ4v) is 3.06. The summed E-state index contributed by atoms with van der Waals surface area (Å²) in [5.74, 6) is 0. The SMILES string of the molecule is CCc1ccc(CC(C)(CC)CNC(C)C)s1. The van der Waals surface area contributed by atoms with Gasteiger partial charge in [0.1, 0.15) is 0 Å². The largest absolute Gasteiger partial charge is 0.314 e. The smallest absolute Gasteiger partial charge is 0.00540 e. The maximum atomic E-state index is 3.58. The van der Waals surface area contributed by atoms with Crippen LogP contribution < -0.4 is 5.32 Å². The van der Waals surface area contributed by atoms with Gasteiger partial charge in [0.2, 0.25) is 0 Å². The lowest BCUT2D eigenvalue weighted by Gasteiger charge is -2.29. The summed E-state index contributed by atoms with van der Waals surface area (Å²) in [7, 11) is 0. The molecule has 0 aliphatic carbocycles. The number of nitrogens with one attached hydrogen (secondary N) is 1. The number of rotatable bonds is 7. The van der Waals surface area contributed by atoms with E-state index in [2.05, 4.69) is 52.1 Å². The molecule has 0 radical (unpaired) electrons. The van der Waals surface area contributed by atoms with E-state index in [1.165, 1.54) is 22.6 Å². The Hall–Kier alpha value is -0.340. The van der Waals surface area contributed by atoms with E-state index in [4.69, 9.17) is 0 Å². The summed E-state index contributed by atoms with van der Waals surface area (Å²) in [5, 5.41) is 3.58. The van der Waals surface area contributed by atoms with Gasteiger partial charge in [0.25, 0.3) is 0 Å². The maximum absolute atomic E-state index is 3.58. The summed E-state index contributed by atoms with van der Waals surface area (Å²) < 4.78 is 0. The molecule has 2 heteroatoms. The molecule has 0 aliphatic heterocycles. The highest BCUT2D eigenvalue weighted by Crippen LogP contribution is 2.29. The van der Waals surface area contributed by atoms with Gasteiger partial charge in [-0.15, -0.1) is 11.3 Å². The first-order valence-electron chi connectivity index (χ1n) is 6.80.